The van der Waals surface area contributed by atoms with Gasteiger partial charge in [0, 0.05) is 42.8 Å². The molecule has 0 aliphatic rings. The molecule has 0 spiro atoms. The maximum Gasteiger partial charge on any atom is 0.319 e. The molecule has 0 aliphatic carbocycles. The Morgan fingerprint density at radius 3 is 2.40 bits per heavy atom. The van der Waals surface area contributed by atoms with Crippen molar-refractivity contribution in [3.63, 3.8) is 0 Å². The monoisotopic (exact) mass is 411 g/mol. The van der Waals surface area contributed by atoms with E-state index in [1.807, 2.05) is 0 Å². The van der Waals surface area contributed by atoms with E-state index in [-0.39, 0.29) is 22.9 Å². The van der Waals surface area contributed by atoms with Gasteiger partial charge in [0.05, 0.1) is 5.56 Å². The molecule has 0 aliphatic heterocycles. The van der Waals surface area contributed by atoms with Gasteiger partial charge >= 0.3 is 6.03 Å². The standard InChI is InChI=1S/C21H19F2N5O2/c1-3-10-24-21(30)26-15-7-5-14(6-8-15)25-20(29)17-12-28(2)27-19(17)16-9-4-13(22)11-18(16)23/h3-9,11-12H,1,10H2,2H3,(H,25,29)(H2,24,26,30). The summed E-state index contributed by atoms with van der Waals surface area (Å²) < 4.78 is 28.8. The molecule has 3 aromatic rings. The van der Waals surface area contributed by atoms with E-state index in [1.54, 1.807) is 37.4 Å². The van der Waals surface area contributed by atoms with E-state index in [0.29, 0.717) is 17.9 Å². The highest BCUT2D eigenvalue weighted by Crippen LogP contribution is 2.26. The van der Waals surface area contributed by atoms with Gasteiger partial charge in [0.25, 0.3) is 5.91 Å². The van der Waals surface area contributed by atoms with E-state index in [2.05, 4.69) is 27.6 Å². The fourth-order valence-corrected chi connectivity index (χ4v) is 2.71. The van der Waals surface area contributed by atoms with E-state index >= 15 is 0 Å². The third kappa shape index (κ3) is 4.88. The smallest absolute Gasteiger partial charge is 0.319 e. The van der Waals surface area contributed by atoms with Gasteiger partial charge in [-0.2, -0.15) is 5.10 Å². The maximum atomic E-state index is 14.2. The van der Waals surface area contributed by atoms with E-state index in [1.165, 1.54) is 16.9 Å². The average molecular weight is 411 g/mol. The molecule has 0 saturated carbocycles. The van der Waals surface area contributed by atoms with Crippen LogP contribution in [0.3, 0.4) is 0 Å². The molecular weight excluding hydrogens is 392 g/mol. The summed E-state index contributed by atoms with van der Waals surface area (Å²) in [6.45, 7) is 3.85. The lowest BCUT2D eigenvalue weighted by Gasteiger charge is -2.09. The van der Waals surface area contributed by atoms with Crippen LogP contribution in [-0.2, 0) is 7.05 Å². The zero-order chi connectivity index (χ0) is 21.7. The SMILES string of the molecule is C=CCNC(=O)Nc1ccc(NC(=O)c2cn(C)nc2-c2ccc(F)cc2F)cc1. The zero-order valence-electron chi connectivity index (χ0n) is 16.1. The summed E-state index contributed by atoms with van der Waals surface area (Å²) in [4.78, 5) is 24.4. The van der Waals surface area contributed by atoms with Crippen LogP contribution in [-0.4, -0.2) is 28.3 Å². The van der Waals surface area contributed by atoms with Crippen LogP contribution in [0.4, 0.5) is 25.0 Å². The first kappa shape index (κ1) is 20.7. The quantitative estimate of drug-likeness (QED) is 0.537. The lowest BCUT2D eigenvalue weighted by Crippen LogP contribution is -2.28. The summed E-state index contributed by atoms with van der Waals surface area (Å²) >= 11 is 0. The van der Waals surface area contributed by atoms with Crippen LogP contribution >= 0.6 is 0 Å². The third-order valence-corrected chi connectivity index (χ3v) is 4.07. The van der Waals surface area contributed by atoms with Gasteiger partial charge < -0.3 is 16.0 Å². The summed E-state index contributed by atoms with van der Waals surface area (Å²) in [7, 11) is 1.60. The molecule has 7 nitrogen and oxygen atoms in total. The van der Waals surface area contributed by atoms with Crippen LogP contribution in [0.5, 0.6) is 0 Å². The molecule has 0 saturated heterocycles. The Labute approximate surface area is 171 Å². The van der Waals surface area contributed by atoms with Gasteiger partial charge in [-0.1, -0.05) is 6.08 Å². The molecular formula is C21H19F2N5O2. The highest BCUT2D eigenvalue weighted by molar-refractivity contribution is 6.08. The first-order chi connectivity index (χ1) is 14.4. The molecule has 0 atom stereocenters. The van der Waals surface area contributed by atoms with Crippen molar-refractivity contribution in [3.05, 3.63) is 78.5 Å². The predicted octanol–water partition coefficient (Wildman–Crippen LogP) is 3.93. The molecule has 3 N–H and O–H groups in total. The molecule has 0 radical (unpaired) electrons. The Balaban J connectivity index is 1.75. The minimum absolute atomic E-state index is 0.0206. The summed E-state index contributed by atoms with van der Waals surface area (Å²) in [6, 6.07) is 9.15. The van der Waals surface area contributed by atoms with Crippen molar-refractivity contribution in [3.8, 4) is 11.3 Å². The summed E-state index contributed by atoms with van der Waals surface area (Å²) in [5.41, 5.74) is 1.25. The second-order valence-electron chi connectivity index (χ2n) is 6.34. The third-order valence-electron chi connectivity index (χ3n) is 4.07. The lowest BCUT2D eigenvalue weighted by atomic mass is 10.1. The number of aromatic nitrogens is 2. The van der Waals surface area contributed by atoms with E-state index in [4.69, 9.17) is 0 Å². The Morgan fingerprint density at radius 1 is 1.10 bits per heavy atom. The molecule has 1 aromatic heterocycles. The maximum absolute atomic E-state index is 14.2. The number of carbonyl (C=O) groups is 2. The minimum Gasteiger partial charge on any atom is -0.334 e. The van der Waals surface area contributed by atoms with Crippen LogP contribution in [0.15, 0.2) is 61.3 Å². The van der Waals surface area contributed by atoms with Gasteiger partial charge in [-0.05, 0) is 36.4 Å². The molecule has 9 heteroatoms. The van der Waals surface area contributed by atoms with Gasteiger partial charge in [-0.15, -0.1) is 6.58 Å². The minimum atomic E-state index is -0.812. The number of carbonyl (C=O) groups excluding carboxylic acids is 2. The molecule has 30 heavy (non-hydrogen) atoms. The number of nitrogens with zero attached hydrogens (tertiary/aromatic N) is 2. The lowest BCUT2D eigenvalue weighted by molar-refractivity contribution is 0.102. The zero-order valence-corrected chi connectivity index (χ0v) is 16.1. The summed E-state index contributed by atoms with van der Waals surface area (Å²) in [5.74, 6) is -2.04. The second-order valence-corrected chi connectivity index (χ2v) is 6.34. The molecule has 0 fully saturated rings. The highest BCUT2D eigenvalue weighted by atomic mass is 19.1. The highest BCUT2D eigenvalue weighted by Gasteiger charge is 2.20. The summed E-state index contributed by atoms with van der Waals surface area (Å²) in [6.07, 6.45) is 3.01. The van der Waals surface area contributed by atoms with Gasteiger partial charge in [0.2, 0.25) is 0 Å². The molecule has 3 rings (SSSR count). The Morgan fingerprint density at radius 2 is 1.77 bits per heavy atom. The number of nitrogens with one attached hydrogen (secondary N) is 3. The van der Waals surface area contributed by atoms with E-state index < -0.39 is 17.5 Å². The van der Waals surface area contributed by atoms with Gasteiger partial charge in [0.1, 0.15) is 17.3 Å². The summed E-state index contributed by atoms with van der Waals surface area (Å²) in [5, 5.41) is 12.1. The first-order valence-electron chi connectivity index (χ1n) is 8.93. The van der Waals surface area contributed by atoms with Crippen molar-refractivity contribution >= 4 is 23.3 Å². The normalized spacial score (nSPS) is 10.4. The topological polar surface area (TPSA) is 88.0 Å². The number of rotatable bonds is 6. The van der Waals surface area contributed by atoms with Crippen LogP contribution < -0.4 is 16.0 Å². The Kier molecular flexibility index (Phi) is 6.21. The fourth-order valence-electron chi connectivity index (χ4n) is 2.71. The number of urea groups is 1. The molecule has 2 aromatic carbocycles. The van der Waals surface area contributed by atoms with Crippen molar-refractivity contribution in [2.24, 2.45) is 7.05 Å². The molecule has 1 heterocycles. The fraction of sp³-hybridized carbons (Fsp3) is 0.0952. The van der Waals surface area contributed by atoms with Gasteiger partial charge in [0.15, 0.2) is 0 Å². The van der Waals surface area contributed by atoms with Crippen LogP contribution in [0, 0.1) is 11.6 Å². The number of anilines is 2. The van der Waals surface area contributed by atoms with Crippen LogP contribution in [0.25, 0.3) is 11.3 Å². The van der Waals surface area contributed by atoms with Crippen molar-refractivity contribution in [1.82, 2.24) is 15.1 Å². The van der Waals surface area contributed by atoms with Crippen molar-refractivity contribution in [2.75, 3.05) is 17.2 Å². The average Bonchev–Trinajstić information content (AvgIpc) is 3.09. The molecule has 0 unspecified atom stereocenters. The Bertz CT molecular complexity index is 1090. The van der Waals surface area contributed by atoms with Crippen molar-refractivity contribution in [1.29, 1.82) is 0 Å². The number of aryl methyl sites for hydroxylation is 1. The number of hydrogen-bond donors (Lipinski definition) is 3. The largest absolute Gasteiger partial charge is 0.334 e. The van der Waals surface area contributed by atoms with Crippen LogP contribution in [0.2, 0.25) is 0 Å². The van der Waals surface area contributed by atoms with Crippen molar-refractivity contribution in [2.45, 2.75) is 0 Å². The molecule has 154 valence electrons. The van der Waals surface area contributed by atoms with Gasteiger partial charge in [-0.25, -0.2) is 13.6 Å². The van der Waals surface area contributed by atoms with E-state index in [0.717, 1.165) is 12.1 Å². The number of hydrogen-bond acceptors (Lipinski definition) is 3. The first-order valence-corrected chi connectivity index (χ1v) is 8.93. The number of halogens is 2. The Hall–Kier alpha value is -4.01. The molecule has 3 amide bonds. The van der Waals surface area contributed by atoms with Crippen LogP contribution in [0.1, 0.15) is 10.4 Å². The second kappa shape index (κ2) is 8.99. The number of benzene rings is 2. The van der Waals surface area contributed by atoms with Gasteiger partial charge in [-0.3, -0.25) is 9.48 Å². The van der Waals surface area contributed by atoms with Crippen molar-refractivity contribution < 1.29 is 18.4 Å². The number of amides is 3. The van der Waals surface area contributed by atoms with E-state index in [9.17, 15) is 18.4 Å². The predicted molar refractivity (Wildman–Crippen MR) is 110 cm³/mol. The molecule has 0 bridgehead atoms.